The van der Waals surface area contributed by atoms with Crippen molar-refractivity contribution in [1.29, 1.82) is 0 Å². The number of carbonyl (C=O) groups is 1. The Kier molecular flexibility index (Phi) is 5.94. The Morgan fingerprint density at radius 3 is 2.72 bits per heavy atom. The third-order valence-electron chi connectivity index (χ3n) is 4.75. The number of urea groups is 1. The number of rotatable bonds is 6. The Labute approximate surface area is 149 Å². The van der Waals surface area contributed by atoms with Gasteiger partial charge >= 0.3 is 6.03 Å². The van der Waals surface area contributed by atoms with Gasteiger partial charge in [0.15, 0.2) is 0 Å². The van der Waals surface area contributed by atoms with Crippen molar-refractivity contribution in [3.63, 3.8) is 0 Å². The number of hydrogen-bond acceptors (Lipinski definition) is 2. The fourth-order valence-corrected chi connectivity index (χ4v) is 3.33. The maximum Gasteiger partial charge on any atom is 0.317 e. The molecule has 2 amide bonds. The number of carbonyl (C=O) groups excluding carboxylic acids is 1. The second kappa shape index (κ2) is 8.56. The van der Waals surface area contributed by atoms with Crippen molar-refractivity contribution in [3.05, 3.63) is 65.7 Å². The average Bonchev–Trinajstić information content (AvgIpc) is 3.15. The first-order valence-electron chi connectivity index (χ1n) is 9.07. The van der Waals surface area contributed by atoms with Gasteiger partial charge in [0.25, 0.3) is 0 Å². The molecule has 3 rings (SSSR count). The zero-order chi connectivity index (χ0) is 17.5. The first kappa shape index (κ1) is 17.3. The topological polar surface area (TPSA) is 41.6 Å². The summed E-state index contributed by atoms with van der Waals surface area (Å²) >= 11 is 0. The molecule has 0 aliphatic carbocycles. The maximum atomic E-state index is 12.5. The van der Waals surface area contributed by atoms with Crippen LogP contribution in [0.5, 0.6) is 5.75 Å². The summed E-state index contributed by atoms with van der Waals surface area (Å²) < 4.78 is 5.96. The van der Waals surface area contributed by atoms with Gasteiger partial charge in [-0.1, -0.05) is 55.5 Å². The lowest BCUT2D eigenvalue weighted by Gasteiger charge is -2.24. The predicted octanol–water partition coefficient (Wildman–Crippen LogP) is 4.35. The molecule has 1 heterocycles. The Balaban J connectivity index is 1.58. The third kappa shape index (κ3) is 4.53. The van der Waals surface area contributed by atoms with Crippen LogP contribution < -0.4 is 10.1 Å². The molecule has 25 heavy (non-hydrogen) atoms. The quantitative estimate of drug-likeness (QED) is 0.851. The number of nitrogens with zero attached hydrogens (tertiary/aromatic N) is 1. The van der Waals surface area contributed by atoms with Crippen molar-refractivity contribution in [2.24, 2.45) is 0 Å². The van der Waals surface area contributed by atoms with E-state index in [9.17, 15) is 4.79 Å². The molecule has 0 spiro atoms. The van der Waals surface area contributed by atoms with E-state index in [0.29, 0.717) is 19.2 Å². The van der Waals surface area contributed by atoms with Crippen LogP contribution in [0, 0.1) is 0 Å². The molecule has 1 fully saturated rings. The number of ether oxygens (including phenoxy) is 1. The number of likely N-dealkylation sites (tertiary alicyclic amines) is 1. The van der Waals surface area contributed by atoms with Crippen molar-refractivity contribution in [2.75, 3.05) is 6.54 Å². The highest BCUT2D eigenvalue weighted by molar-refractivity contribution is 5.75. The van der Waals surface area contributed by atoms with Crippen LogP contribution in [0.25, 0.3) is 0 Å². The van der Waals surface area contributed by atoms with E-state index in [1.807, 2.05) is 59.5 Å². The number of amides is 2. The second-order valence-corrected chi connectivity index (χ2v) is 6.44. The summed E-state index contributed by atoms with van der Waals surface area (Å²) in [6, 6.07) is 18.4. The van der Waals surface area contributed by atoms with E-state index in [2.05, 4.69) is 12.2 Å². The largest absolute Gasteiger partial charge is 0.489 e. The van der Waals surface area contributed by atoms with Crippen LogP contribution in [-0.4, -0.2) is 23.5 Å². The van der Waals surface area contributed by atoms with Crippen LogP contribution >= 0.6 is 0 Å². The number of hydrogen-bond donors (Lipinski definition) is 1. The molecule has 1 N–H and O–H groups in total. The molecule has 0 radical (unpaired) electrons. The Hall–Kier alpha value is -2.49. The summed E-state index contributed by atoms with van der Waals surface area (Å²) in [4.78, 5) is 14.4. The summed E-state index contributed by atoms with van der Waals surface area (Å²) in [5.41, 5.74) is 2.13. The SMILES string of the molecule is CC[C@@H]1CCCN1C(=O)NCc1ccccc1OCc1ccccc1. The van der Waals surface area contributed by atoms with E-state index >= 15 is 0 Å². The van der Waals surface area contributed by atoms with Gasteiger partial charge in [-0.2, -0.15) is 0 Å². The van der Waals surface area contributed by atoms with Crippen molar-refractivity contribution in [3.8, 4) is 5.75 Å². The third-order valence-corrected chi connectivity index (χ3v) is 4.75. The van der Waals surface area contributed by atoms with Crippen LogP contribution in [-0.2, 0) is 13.2 Å². The summed E-state index contributed by atoms with van der Waals surface area (Å²) in [6.07, 6.45) is 3.23. The van der Waals surface area contributed by atoms with Gasteiger partial charge in [0, 0.05) is 24.7 Å². The lowest BCUT2D eigenvalue weighted by atomic mass is 10.2. The fourth-order valence-electron chi connectivity index (χ4n) is 3.33. The Morgan fingerprint density at radius 1 is 1.16 bits per heavy atom. The predicted molar refractivity (Wildman–Crippen MR) is 99.5 cm³/mol. The highest BCUT2D eigenvalue weighted by atomic mass is 16.5. The van der Waals surface area contributed by atoms with E-state index in [0.717, 1.165) is 42.7 Å². The van der Waals surface area contributed by atoms with Gasteiger partial charge in [-0.25, -0.2) is 4.79 Å². The zero-order valence-electron chi connectivity index (χ0n) is 14.8. The van der Waals surface area contributed by atoms with Gasteiger partial charge in [0.1, 0.15) is 12.4 Å². The minimum absolute atomic E-state index is 0.0298. The first-order valence-corrected chi connectivity index (χ1v) is 9.07. The molecular formula is C21H26N2O2. The van der Waals surface area contributed by atoms with Crippen molar-refractivity contribution in [1.82, 2.24) is 10.2 Å². The Morgan fingerprint density at radius 2 is 1.92 bits per heavy atom. The van der Waals surface area contributed by atoms with Gasteiger partial charge in [0.05, 0.1) is 0 Å². The summed E-state index contributed by atoms with van der Waals surface area (Å²) in [5.74, 6) is 0.820. The zero-order valence-corrected chi connectivity index (χ0v) is 14.8. The minimum Gasteiger partial charge on any atom is -0.489 e. The molecule has 0 aromatic heterocycles. The molecule has 4 nitrogen and oxygen atoms in total. The minimum atomic E-state index is 0.0298. The number of benzene rings is 2. The lowest BCUT2D eigenvalue weighted by molar-refractivity contribution is 0.190. The van der Waals surface area contributed by atoms with E-state index in [1.165, 1.54) is 0 Å². The van der Waals surface area contributed by atoms with Gasteiger partial charge < -0.3 is 15.0 Å². The van der Waals surface area contributed by atoms with Crippen LogP contribution in [0.3, 0.4) is 0 Å². The lowest BCUT2D eigenvalue weighted by Crippen LogP contribution is -2.42. The molecule has 2 aromatic carbocycles. The van der Waals surface area contributed by atoms with Gasteiger partial charge in [0.2, 0.25) is 0 Å². The standard InChI is InChI=1S/C21H26N2O2/c1-2-19-12-8-14-23(19)21(24)22-15-18-11-6-7-13-20(18)25-16-17-9-4-3-5-10-17/h3-7,9-11,13,19H,2,8,12,14-16H2,1H3,(H,22,24)/t19-/m1/s1. The molecule has 0 bridgehead atoms. The molecule has 0 saturated carbocycles. The summed E-state index contributed by atoms with van der Waals surface area (Å²) in [6.45, 7) is 4.01. The molecule has 1 atom stereocenters. The smallest absolute Gasteiger partial charge is 0.317 e. The van der Waals surface area contributed by atoms with Gasteiger partial charge in [-0.3, -0.25) is 0 Å². The fraction of sp³-hybridized carbons (Fsp3) is 0.381. The molecule has 132 valence electrons. The van der Waals surface area contributed by atoms with Crippen LogP contribution in [0.4, 0.5) is 4.79 Å². The van der Waals surface area contributed by atoms with Crippen molar-refractivity contribution in [2.45, 2.75) is 45.4 Å². The molecular weight excluding hydrogens is 312 g/mol. The van der Waals surface area contributed by atoms with Crippen molar-refractivity contribution < 1.29 is 9.53 Å². The van der Waals surface area contributed by atoms with Crippen molar-refractivity contribution >= 4 is 6.03 Å². The van der Waals surface area contributed by atoms with Crippen LogP contribution in [0.2, 0.25) is 0 Å². The highest BCUT2D eigenvalue weighted by Crippen LogP contribution is 2.21. The monoisotopic (exact) mass is 338 g/mol. The van der Waals surface area contributed by atoms with Crippen LogP contribution in [0.1, 0.15) is 37.3 Å². The van der Waals surface area contributed by atoms with E-state index in [1.54, 1.807) is 0 Å². The van der Waals surface area contributed by atoms with E-state index in [4.69, 9.17) is 4.74 Å². The summed E-state index contributed by atoms with van der Waals surface area (Å²) in [5, 5.41) is 3.05. The molecule has 0 unspecified atom stereocenters. The molecule has 4 heteroatoms. The number of nitrogens with one attached hydrogen (secondary N) is 1. The van der Waals surface area contributed by atoms with Crippen LogP contribution in [0.15, 0.2) is 54.6 Å². The van der Waals surface area contributed by atoms with Gasteiger partial charge in [-0.15, -0.1) is 0 Å². The highest BCUT2D eigenvalue weighted by Gasteiger charge is 2.26. The first-order chi connectivity index (χ1) is 12.3. The number of para-hydroxylation sites is 1. The molecule has 1 saturated heterocycles. The molecule has 1 aliphatic rings. The second-order valence-electron chi connectivity index (χ2n) is 6.44. The van der Waals surface area contributed by atoms with Gasteiger partial charge in [-0.05, 0) is 30.9 Å². The normalized spacial score (nSPS) is 16.7. The average molecular weight is 338 g/mol. The molecule has 1 aliphatic heterocycles. The Bertz CT molecular complexity index is 687. The van der Waals surface area contributed by atoms with E-state index in [-0.39, 0.29) is 6.03 Å². The maximum absolute atomic E-state index is 12.5. The summed E-state index contributed by atoms with van der Waals surface area (Å²) in [7, 11) is 0. The molecule has 2 aromatic rings. The van der Waals surface area contributed by atoms with E-state index < -0.39 is 0 Å².